The van der Waals surface area contributed by atoms with E-state index in [1.165, 1.54) is 40.7 Å². The molecule has 0 bridgehead atoms. The summed E-state index contributed by atoms with van der Waals surface area (Å²) in [7, 11) is 0. The molecule has 2 N–H and O–H groups in total. The third kappa shape index (κ3) is 4.15. The molecule has 24 heavy (non-hydrogen) atoms. The molecule has 3 rings (SSSR count). The van der Waals surface area contributed by atoms with Crippen LogP contribution in [-0.4, -0.2) is 19.9 Å². The third-order valence-electron chi connectivity index (χ3n) is 3.07. The number of hydrogen-bond acceptors (Lipinski definition) is 6. The summed E-state index contributed by atoms with van der Waals surface area (Å²) in [6.45, 7) is 0.137. The van der Waals surface area contributed by atoms with Gasteiger partial charge in [-0.2, -0.15) is 0 Å². The van der Waals surface area contributed by atoms with Crippen LogP contribution in [0.4, 0.5) is 4.39 Å². The highest BCUT2D eigenvalue weighted by molar-refractivity contribution is 7.98. The molecule has 0 amide bonds. The van der Waals surface area contributed by atoms with Gasteiger partial charge >= 0.3 is 0 Å². The van der Waals surface area contributed by atoms with Gasteiger partial charge in [0, 0.05) is 11.9 Å². The zero-order valence-electron chi connectivity index (χ0n) is 12.4. The van der Waals surface area contributed by atoms with Gasteiger partial charge in [-0.05, 0) is 35.9 Å². The summed E-state index contributed by atoms with van der Waals surface area (Å²) in [6.07, 6.45) is 1.70. The Morgan fingerprint density at radius 2 is 1.96 bits per heavy atom. The molecule has 2 aromatic heterocycles. The lowest BCUT2D eigenvalue weighted by Gasteiger charge is -2.06. The zero-order valence-corrected chi connectivity index (χ0v) is 14.0. The average molecular weight is 366 g/mol. The topological polar surface area (TPSA) is 78.9 Å². The number of rotatable bonds is 6. The van der Waals surface area contributed by atoms with E-state index >= 15 is 0 Å². The summed E-state index contributed by atoms with van der Waals surface area (Å²) in [4.78, 5) is 4.02. The Balaban J connectivity index is 1.58. The number of hydrogen-bond donors (Lipinski definition) is 1. The van der Waals surface area contributed by atoms with E-state index in [0.717, 1.165) is 5.56 Å². The molecule has 6 nitrogen and oxygen atoms in total. The standard InChI is InChI=1S/C15H13ClFN5OS/c16-13-6-1-10(7-19-13)9-24-15-21-20-14(22(15)18)8-23-12-4-2-11(17)3-5-12/h1-7H,8-9,18H2. The number of thioether (sulfide) groups is 1. The number of pyridine rings is 1. The largest absolute Gasteiger partial charge is 0.486 e. The van der Waals surface area contributed by atoms with Gasteiger partial charge in [0.2, 0.25) is 5.16 Å². The number of ether oxygens (including phenoxy) is 1. The van der Waals surface area contributed by atoms with Crippen molar-refractivity contribution in [3.8, 4) is 5.75 Å². The van der Waals surface area contributed by atoms with E-state index in [1.807, 2.05) is 6.07 Å². The van der Waals surface area contributed by atoms with E-state index in [2.05, 4.69) is 15.2 Å². The predicted octanol–water partition coefficient (Wildman–Crippen LogP) is 3.05. The van der Waals surface area contributed by atoms with Crippen LogP contribution in [-0.2, 0) is 12.4 Å². The van der Waals surface area contributed by atoms with Crippen molar-refractivity contribution in [3.63, 3.8) is 0 Å². The number of halogens is 2. The number of aromatic nitrogens is 4. The molecule has 0 aliphatic heterocycles. The number of nitrogens with zero attached hydrogens (tertiary/aromatic N) is 4. The first kappa shape index (κ1) is 16.5. The predicted molar refractivity (Wildman–Crippen MR) is 89.7 cm³/mol. The molecule has 0 aliphatic carbocycles. The number of nitrogens with two attached hydrogens (primary N) is 1. The third-order valence-corrected chi connectivity index (χ3v) is 4.31. The minimum atomic E-state index is -0.320. The van der Waals surface area contributed by atoms with Crippen molar-refractivity contribution < 1.29 is 9.13 Å². The number of benzene rings is 1. The van der Waals surface area contributed by atoms with Crippen molar-refractivity contribution in [2.24, 2.45) is 0 Å². The molecule has 1 aromatic carbocycles. The lowest BCUT2D eigenvalue weighted by atomic mass is 10.3. The average Bonchev–Trinajstić information content (AvgIpc) is 2.94. The van der Waals surface area contributed by atoms with Crippen LogP contribution in [0.15, 0.2) is 47.8 Å². The molecule has 124 valence electrons. The fourth-order valence-corrected chi connectivity index (χ4v) is 2.74. The van der Waals surface area contributed by atoms with Gasteiger partial charge in [0.25, 0.3) is 0 Å². The Labute approximate surface area is 146 Å². The van der Waals surface area contributed by atoms with Crippen molar-refractivity contribution in [1.82, 2.24) is 19.9 Å². The van der Waals surface area contributed by atoms with Gasteiger partial charge in [0.15, 0.2) is 5.82 Å². The fourth-order valence-electron chi connectivity index (χ4n) is 1.82. The maximum absolute atomic E-state index is 12.8. The Morgan fingerprint density at radius 3 is 2.67 bits per heavy atom. The summed E-state index contributed by atoms with van der Waals surface area (Å²) >= 11 is 7.18. The molecule has 0 fully saturated rings. The minimum Gasteiger partial charge on any atom is -0.486 e. The van der Waals surface area contributed by atoms with Crippen LogP contribution in [0.5, 0.6) is 5.75 Å². The molecule has 0 radical (unpaired) electrons. The quantitative estimate of drug-likeness (QED) is 0.411. The smallest absolute Gasteiger partial charge is 0.210 e. The normalized spacial score (nSPS) is 10.8. The Morgan fingerprint density at radius 1 is 1.17 bits per heavy atom. The zero-order chi connectivity index (χ0) is 16.9. The van der Waals surface area contributed by atoms with Crippen LogP contribution in [0, 0.1) is 5.82 Å². The first-order valence-electron chi connectivity index (χ1n) is 6.93. The van der Waals surface area contributed by atoms with Crippen LogP contribution in [0.1, 0.15) is 11.4 Å². The Bertz CT molecular complexity index is 743. The highest BCUT2D eigenvalue weighted by atomic mass is 35.5. The molecule has 0 atom stereocenters. The monoisotopic (exact) mass is 365 g/mol. The van der Waals surface area contributed by atoms with Gasteiger partial charge in [-0.3, -0.25) is 0 Å². The van der Waals surface area contributed by atoms with E-state index < -0.39 is 0 Å². The second kappa shape index (κ2) is 7.50. The summed E-state index contributed by atoms with van der Waals surface area (Å²) in [5.74, 6) is 7.29. The van der Waals surface area contributed by atoms with Crippen LogP contribution >= 0.6 is 23.4 Å². The van der Waals surface area contributed by atoms with Gasteiger partial charge in [0.05, 0.1) is 0 Å². The fraction of sp³-hybridized carbons (Fsp3) is 0.133. The van der Waals surface area contributed by atoms with E-state index in [1.54, 1.807) is 12.3 Å². The minimum absolute atomic E-state index is 0.137. The SMILES string of the molecule is Nn1c(COc2ccc(F)cc2)nnc1SCc1ccc(Cl)nc1. The van der Waals surface area contributed by atoms with Gasteiger partial charge in [-0.1, -0.05) is 29.4 Å². The molecule has 9 heteroatoms. The first-order valence-corrected chi connectivity index (χ1v) is 8.29. The molecule has 3 aromatic rings. The Hall–Kier alpha value is -2.32. The molecule has 0 aliphatic rings. The van der Waals surface area contributed by atoms with Gasteiger partial charge < -0.3 is 10.6 Å². The van der Waals surface area contributed by atoms with Crippen molar-refractivity contribution >= 4 is 23.4 Å². The van der Waals surface area contributed by atoms with Gasteiger partial charge in [-0.25, -0.2) is 14.1 Å². The summed E-state index contributed by atoms with van der Waals surface area (Å²) < 4.78 is 19.7. The summed E-state index contributed by atoms with van der Waals surface area (Å²) in [5.41, 5.74) is 0.997. The first-order chi connectivity index (χ1) is 11.6. The lowest BCUT2D eigenvalue weighted by molar-refractivity contribution is 0.291. The van der Waals surface area contributed by atoms with Crippen molar-refractivity contribution in [1.29, 1.82) is 0 Å². The van der Waals surface area contributed by atoms with Gasteiger partial charge in [-0.15, -0.1) is 10.2 Å². The van der Waals surface area contributed by atoms with E-state index in [-0.39, 0.29) is 12.4 Å². The van der Waals surface area contributed by atoms with E-state index in [9.17, 15) is 4.39 Å². The molecule has 0 saturated carbocycles. The molecule has 0 unspecified atom stereocenters. The molecule has 0 spiro atoms. The molecule has 2 heterocycles. The highest BCUT2D eigenvalue weighted by Gasteiger charge is 2.11. The molecule has 0 saturated heterocycles. The summed E-state index contributed by atoms with van der Waals surface area (Å²) in [5, 5.41) is 9.05. The second-order valence-corrected chi connectivity index (χ2v) is 6.12. The van der Waals surface area contributed by atoms with E-state index in [4.69, 9.17) is 22.2 Å². The van der Waals surface area contributed by atoms with Gasteiger partial charge in [0.1, 0.15) is 23.3 Å². The van der Waals surface area contributed by atoms with Crippen LogP contribution in [0.25, 0.3) is 0 Å². The highest BCUT2D eigenvalue weighted by Crippen LogP contribution is 2.21. The number of nitrogen functional groups attached to an aromatic ring is 1. The summed E-state index contributed by atoms with van der Waals surface area (Å²) in [6, 6.07) is 9.34. The Kier molecular flexibility index (Phi) is 5.17. The van der Waals surface area contributed by atoms with Crippen molar-refractivity contribution in [3.05, 3.63) is 65.0 Å². The second-order valence-electron chi connectivity index (χ2n) is 4.79. The van der Waals surface area contributed by atoms with E-state index in [0.29, 0.717) is 27.6 Å². The maximum atomic E-state index is 12.8. The van der Waals surface area contributed by atoms with Crippen molar-refractivity contribution in [2.45, 2.75) is 17.5 Å². The van der Waals surface area contributed by atoms with Crippen LogP contribution < -0.4 is 10.6 Å². The molecular formula is C15H13ClFN5OS. The maximum Gasteiger partial charge on any atom is 0.210 e. The van der Waals surface area contributed by atoms with Crippen LogP contribution in [0.3, 0.4) is 0 Å². The lowest BCUT2D eigenvalue weighted by Crippen LogP contribution is -2.15. The van der Waals surface area contributed by atoms with Crippen LogP contribution in [0.2, 0.25) is 5.15 Å². The molecular weight excluding hydrogens is 353 g/mol. The van der Waals surface area contributed by atoms with Crippen molar-refractivity contribution in [2.75, 3.05) is 5.84 Å².